The molecule has 3 nitrogen and oxygen atoms in total. The van der Waals surface area contributed by atoms with Crippen LogP contribution in [0.3, 0.4) is 0 Å². The second-order valence-electron chi connectivity index (χ2n) is 6.19. The number of nitriles is 1. The second kappa shape index (κ2) is 4.42. The van der Waals surface area contributed by atoms with E-state index in [1.807, 2.05) is 18.7 Å². The molecule has 2 heterocycles. The van der Waals surface area contributed by atoms with Crippen molar-refractivity contribution in [2.75, 3.05) is 24.5 Å². The molecule has 1 aromatic carbocycles. The number of halogens is 2. The fourth-order valence-corrected chi connectivity index (χ4v) is 3.69. The third kappa shape index (κ3) is 1.79. The Morgan fingerprint density at radius 1 is 1.30 bits per heavy atom. The van der Waals surface area contributed by atoms with Crippen LogP contribution in [-0.4, -0.2) is 25.2 Å². The number of fused-ring (bicyclic) bond motifs is 1. The van der Waals surface area contributed by atoms with Crippen LogP contribution in [-0.2, 0) is 0 Å². The van der Waals surface area contributed by atoms with Crippen molar-refractivity contribution in [3.63, 3.8) is 0 Å². The first-order valence-electron chi connectivity index (χ1n) is 6.82. The zero-order valence-corrected chi connectivity index (χ0v) is 11.6. The maximum absolute atomic E-state index is 14.2. The maximum atomic E-state index is 14.2. The number of nitrogens with zero attached hydrogens (tertiary/aromatic N) is 2. The summed E-state index contributed by atoms with van der Waals surface area (Å²) in [4.78, 5) is 1.83. The largest absolute Gasteiger partial charge is 0.361 e. The molecule has 20 heavy (non-hydrogen) atoms. The summed E-state index contributed by atoms with van der Waals surface area (Å²) in [6.07, 6.45) is 0. The van der Waals surface area contributed by atoms with E-state index < -0.39 is 11.6 Å². The Labute approximate surface area is 117 Å². The molecular formula is C15H17F2N3. The van der Waals surface area contributed by atoms with E-state index in [0.717, 1.165) is 25.2 Å². The van der Waals surface area contributed by atoms with Gasteiger partial charge in [-0.15, -0.1) is 0 Å². The lowest BCUT2D eigenvalue weighted by Crippen LogP contribution is -2.45. The van der Waals surface area contributed by atoms with Gasteiger partial charge in [0.15, 0.2) is 11.6 Å². The van der Waals surface area contributed by atoms with Gasteiger partial charge in [-0.25, -0.2) is 8.78 Å². The van der Waals surface area contributed by atoms with Gasteiger partial charge in [-0.3, -0.25) is 0 Å². The van der Waals surface area contributed by atoms with Crippen molar-refractivity contribution < 1.29 is 8.78 Å². The Bertz CT molecular complexity index is 568. The maximum Gasteiger partial charge on any atom is 0.150 e. The summed E-state index contributed by atoms with van der Waals surface area (Å²) in [5.74, 6) is -0.499. The first-order valence-corrected chi connectivity index (χ1v) is 6.82. The first kappa shape index (κ1) is 13.3. The molecule has 106 valence electrons. The van der Waals surface area contributed by atoms with E-state index in [9.17, 15) is 8.78 Å². The van der Waals surface area contributed by atoms with Crippen molar-refractivity contribution in [3.05, 3.63) is 29.3 Å². The smallest absolute Gasteiger partial charge is 0.150 e. The predicted octanol–water partition coefficient (Wildman–Crippen LogP) is 2.27. The molecule has 0 aliphatic carbocycles. The van der Waals surface area contributed by atoms with Crippen molar-refractivity contribution in [1.29, 1.82) is 5.26 Å². The van der Waals surface area contributed by atoms with Gasteiger partial charge in [-0.1, -0.05) is 0 Å². The first-order chi connectivity index (χ1) is 9.45. The minimum Gasteiger partial charge on any atom is -0.361 e. The fourth-order valence-electron chi connectivity index (χ4n) is 3.69. The average Bonchev–Trinajstić information content (AvgIpc) is 2.92. The van der Waals surface area contributed by atoms with E-state index in [2.05, 4.69) is 5.32 Å². The summed E-state index contributed by atoms with van der Waals surface area (Å²) in [6.45, 7) is 6.48. The Morgan fingerprint density at radius 3 is 2.50 bits per heavy atom. The molecule has 2 atom stereocenters. The highest BCUT2D eigenvalue weighted by atomic mass is 19.1. The van der Waals surface area contributed by atoms with Crippen LogP contribution in [0.2, 0.25) is 0 Å². The molecule has 3 rings (SSSR count). The van der Waals surface area contributed by atoms with Crippen molar-refractivity contribution in [3.8, 4) is 6.07 Å². The normalized spacial score (nSPS) is 27.4. The molecule has 5 heteroatoms. The van der Waals surface area contributed by atoms with E-state index in [4.69, 9.17) is 5.26 Å². The molecule has 0 bridgehead atoms. The predicted molar refractivity (Wildman–Crippen MR) is 72.3 cm³/mol. The van der Waals surface area contributed by atoms with Crippen molar-refractivity contribution >= 4 is 5.69 Å². The number of nitrogens with one attached hydrogen (secondary N) is 1. The molecule has 1 aromatic rings. The topological polar surface area (TPSA) is 39.1 Å². The van der Waals surface area contributed by atoms with Crippen molar-refractivity contribution in [1.82, 2.24) is 5.32 Å². The fraction of sp³-hybridized carbons (Fsp3) is 0.533. The Kier molecular flexibility index (Phi) is 2.94. The van der Waals surface area contributed by atoms with Gasteiger partial charge < -0.3 is 10.2 Å². The number of rotatable bonds is 1. The van der Waals surface area contributed by atoms with Gasteiger partial charge in [-0.05, 0) is 37.8 Å². The quantitative estimate of drug-likeness (QED) is 0.856. The van der Waals surface area contributed by atoms with Crippen LogP contribution in [0, 0.1) is 34.8 Å². The van der Waals surface area contributed by atoms with Crippen LogP contribution in [0.4, 0.5) is 14.5 Å². The summed E-state index contributed by atoms with van der Waals surface area (Å²) in [5.41, 5.74) is -0.282. The third-order valence-electron chi connectivity index (χ3n) is 4.78. The Hall–Kier alpha value is -1.67. The van der Waals surface area contributed by atoms with Gasteiger partial charge in [-0.2, -0.15) is 5.26 Å². The lowest BCUT2D eigenvalue weighted by molar-refractivity contribution is 0.353. The highest BCUT2D eigenvalue weighted by Crippen LogP contribution is 2.44. The Balaban J connectivity index is 2.04. The summed E-state index contributed by atoms with van der Waals surface area (Å²) >= 11 is 0. The lowest BCUT2D eigenvalue weighted by Gasteiger charge is -2.37. The molecule has 2 unspecified atom stereocenters. The SMILES string of the molecule is CC1(C)C2CNCC2CN1c1c(F)cc(C#N)cc1F. The van der Waals surface area contributed by atoms with Gasteiger partial charge in [0.2, 0.25) is 0 Å². The van der Waals surface area contributed by atoms with E-state index in [1.165, 1.54) is 0 Å². The molecule has 0 amide bonds. The zero-order valence-electron chi connectivity index (χ0n) is 11.6. The van der Waals surface area contributed by atoms with Crippen LogP contribution in [0.25, 0.3) is 0 Å². The molecule has 1 N–H and O–H groups in total. The molecule has 2 saturated heterocycles. The lowest BCUT2D eigenvalue weighted by atomic mass is 9.84. The van der Waals surface area contributed by atoms with Gasteiger partial charge in [0, 0.05) is 25.2 Å². The third-order valence-corrected chi connectivity index (χ3v) is 4.78. The standard InChI is InChI=1S/C15H17F2N3/c1-15(2)11-7-19-6-10(11)8-20(15)14-12(16)3-9(5-18)4-13(14)17/h3-4,10-11,19H,6-8H2,1-2H3. The van der Waals surface area contributed by atoms with Crippen LogP contribution in [0.5, 0.6) is 0 Å². The minimum atomic E-state index is -0.650. The van der Waals surface area contributed by atoms with Gasteiger partial charge in [0.25, 0.3) is 0 Å². The summed E-state index contributed by atoms with van der Waals surface area (Å²) in [7, 11) is 0. The van der Waals surface area contributed by atoms with Crippen LogP contribution in [0.1, 0.15) is 19.4 Å². The Morgan fingerprint density at radius 2 is 1.95 bits per heavy atom. The number of benzene rings is 1. The molecular weight excluding hydrogens is 260 g/mol. The molecule has 2 aliphatic heterocycles. The number of anilines is 1. The summed E-state index contributed by atoms with van der Waals surface area (Å²) in [5, 5.41) is 12.1. The van der Waals surface area contributed by atoms with Crippen molar-refractivity contribution in [2.24, 2.45) is 11.8 Å². The van der Waals surface area contributed by atoms with Gasteiger partial charge in [0.1, 0.15) is 5.69 Å². The molecule has 0 aromatic heterocycles. The van der Waals surface area contributed by atoms with E-state index in [-0.39, 0.29) is 16.8 Å². The molecule has 0 spiro atoms. The zero-order chi connectivity index (χ0) is 14.5. The van der Waals surface area contributed by atoms with Crippen LogP contribution < -0.4 is 10.2 Å². The highest BCUT2D eigenvalue weighted by Gasteiger charge is 2.50. The molecule has 0 radical (unpaired) electrons. The minimum absolute atomic E-state index is 0.00315. The number of hydrogen-bond donors (Lipinski definition) is 1. The second-order valence-corrected chi connectivity index (χ2v) is 6.19. The van der Waals surface area contributed by atoms with Crippen molar-refractivity contribution in [2.45, 2.75) is 19.4 Å². The van der Waals surface area contributed by atoms with Gasteiger partial charge in [0.05, 0.1) is 11.6 Å². The van der Waals surface area contributed by atoms with E-state index in [0.29, 0.717) is 18.4 Å². The van der Waals surface area contributed by atoms with E-state index in [1.54, 1.807) is 6.07 Å². The number of hydrogen-bond acceptors (Lipinski definition) is 3. The average molecular weight is 277 g/mol. The van der Waals surface area contributed by atoms with Crippen LogP contribution in [0.15, 0.2) is 12.1 Å². The highest BCUT2D eigenvalue weighted by molar-refractivity contribution is 5.56. The van der Waals surface area contributed by atoms with E-state index >= 15 is 0 Å². The molecule has 2 aliphatic rings. The monoisotopic (exact) mass is 277 g/mol. The molecule has 2 fully saturated rings. The summed E-state index contributed by atoms with van der Waals surface area (Å²) in [6, 6.07) is 4.00. The summed E-state index contributed by atoms with van der Waals surface area (Å²) < 4.78 is 28.4. The molecule has 0 saturated carbocycles. The van der Waals surface area contributed by atoms with Crippen LogP contribution >= 0.6 is 0 Å². The van der Waals surface area contributed by atoms with Gasteiger partial charge >= 0.3 is 0 Å².